The fourth-order valence-electron chi connectivity index (χ4n) is 5.17. The molecule has 7 heteroatoms. The van der Waals surface area contributed by atoms with Gasteiger partial charge in [-0.3, -0.25) is 14.5 Å². The molecule has 1 saturated heterocycles. The topological polar surface area (TPSA) is 104 Å². The Labute approximate surface area is 221 Å². The molecule has 7 nitrogen and oxygen atoms in total. The van der Waals surface area contributed by atoms with E-state index in [2.05, 4.69) is 0 Å². The highest BCUT2D eigenvalue weighted by molar-refractivity contribution is 6.51. The lowest BCUT2D eigenvalue weighted by Gasteiger charge is -2.26. The monoisotopic (exact) mass is 511 g/mol. The average Bonchev–Trinajstić information content (AvgIpc) is 3.21. The molecule has 0 aromatic heterocycles. The van der Waals surface area contributed by atoms with Crippen LogP contribution in [0.15, 0.2) is 72.3 Å². The molecule has 2 aliphatic rings. The molecule has 0 spiro atoms. The van der Waals surface area contributed by atoms with Gasteiger partial charge in [0.15, 0.2) is 0 Å². The Morgan fingerprint density at radius 1 is 0.947 bits per heavy atom. The summed E-state index contributed by atoms with van der Waals surface area (Å²) in [5, 5.41) is 21.3. The molecule has 1 atom stereocenters. The molecule has 1 unspecified atom stereocenters. The van der Waals surface area contributed by atoms with Gasteiger partial charge in [0.25, 0.3) is 11.7 Å². The van der Waals surface area contributed by atoms with E-state index in [9.17, 15) is 24.6 Å². The molecule has 2 N–H and O–H groups in total. The SMILES string of the molecule is CCCOC(=O)c1cccc(N2C(=O)C(=O)/C(=C(\O)c3ccc4c(c3)CCCC4)C2c2ccc(O)cc2)c1. The number of aliphatic hydroxyl groups excluding tert-OH is 1. The standard InChI is InChI=1S/C31H29NO6/c1-2-16-38-31(37)23-8-5-9-24(18-23)32-27(20-12-14-25(33)15-13-20)26(29(35)30(32)36)28(34)22-11-10-19-6-3-4-7-21(19)17-22/h5,8-15,17-18,27,33-34H,2-4,6-7,16H2,1H3/b28-26-. The number of ether oxygens (including phenoxy) is 1. The van der Waals surface area contributed by atoms with Crippen molar-refractivity contribution in [3.05, 3.63) is 100 Å². The van der Waals surface area contributed by atoms with Crippen LogP contribution in [-0.2, 0) is 27.2 Å². The van der Waals surface area contributed by atoms with E-state index in [1.54, 1.807) is 36.4 Å². The Kier molecular flexibility index (Phi) is 7.01. The maximum Gasteiger partial charge on any atom is 0.338 e. The summed E-state index contributed by atoms with van der Waals surface area (Å²) in [7, 11) is 0. The molecule has 194 valence electrons. The van der Waals surface area contributed by atoms with Gasteiger partial charge < -0.3 is 14.9 Å². The van der Waals surface area contributed by atoms with Gasteiger partial charge in [-0.2, -0.15) is 0 Å². The number of aliphatic hydroxyl groups is 1. The number of aromatic hydroxyl groups is 1. The van der Waals surface area contributed by atoms with Crippen LogP contribution in [0.3, 0.4) is 0 Å². The molecule has 1 aliphatic heterocycles. The zero-order valence-corrected chi connectivity index (χ0v) is 21.1. The second kappa shape index (κ2) is 10.5. The summed E-state index contributed by atoms with van der Waals surface area (Å²) in [5.41, 5.74) is 3.89. The average molecular weight is 512 g/mol. The van der Waals surface area contributed by atoms with Gasteiger partial charge in [0, 0.05) is 11.3 Å². The van der Waals surface area contributed by atoms with Crippen molar-refractivity contribution in [3.8, 4) is 5.75 Å². The van der Waals surface area contributed by atoms with Crippen molar-refractivity contribution in [2.45, 2.75) is 45.1 Å². The Morgan fingerprint density at radius 2 is 1.68 bits per heavy atom. The lowest BCUT2D eigenvalue weighted by atomic mass is 9.88. The van der Waals surface area contributed by atoms with E-state index in [-0.39, 0.29) is 29.3 Å². The third kappa shape index (κ3) is 4.67. The van der Waals surface area contributed by atoms with E-state index in [0.717, 1.165) is 31.2 Å². The number of hydrogen-bond donors (Lipinski definition) is 2. The van der Waals surface area contributed by atoms with Crippen LogP contribution in [0.1, 0.15) is 64.8 Å². The summed E-state index contributed by atoms with van der Waals surface area (Å²) in [6, 6.07) is 17.2. The molecule has 1 aliphatic carbocycles. The molecule has 0 bridgehead atoms. The Bertz CT molecular complexity index is 1440. The number of aryl methyl sites for hydroxylation is 2. The van der Waals surface area contributed by atoms with Crippen LogP contribution in [0.2, 0.25) is 0 Å². The number of rotatable bonds is 6. The number of ketones is 1. The first-order valence-electron chi connectivity index (χ1n) is 12.9. The van der Waals surface area contributed by atoms with Crippen molar-refractivity contribution in [2.75, 3.05) is 11.5 Å². The van der Waals surface area contributed by atoms with E-state index in [4.69, 9.17) is 4.74 Å². The van der Waals surface area contributed by atoms with Crippen LogP contribution in [0.4, 0.5) is 5.69 Å². The Hall–Kier alpha value is -4.39. The maximum atomic E-state index is 13.5. The van der Waals surface area contributed by atoms with Gasteiger partial charge in [-0.1, -0.05) is 37.3 Å². The third-order valence-corrected chi connectivity index (χ3v) is 7.07. The van der Waals surface area contributed by atoms with Gasteiger partial charge in [-0.05, 0) is 85.2 Å². The van der Waals surface area contributed by atoms with Crippen molar-refractivity contribution in [3.63, 3.8) is 0 Å². The number of carbonyl (C=O) groups excluding carboxylic acids is 3. The quantitative estimate of drug-likeness (QED) is 0.197. The van der Waals surface area contributed by atoms with Crippen molar-refractivity contribution < 1.29 is 29.3 Å². The molecule has 1 amide bonds. The number of fused-ring (bicyclic) bond motifs is 1. The number of anilines is 1. The molecule has 5 rings (SSSR count). The molecule has 3 aromatic carbocycles. The number of benzene rings is 3. The molecule has 0 radical (unpaired) electrons. The number of Topliss-reactive ketones (excluding diaryl/α,β-unsaturated/α-hetero) is 1. The zero-order valence-electron chi connectivity index (χ0n) is 21.1. The van der Waals surface area contributed by atoms with Crippen LogP contribution in [0, 0.1) is 0 Å². The van der Waals surface area contributed by atoms with Gasteiger partial charge in [-0.15, -0.1) is 0 Å². The number of nitrogens with zero attached hydrogens (tertiary/aromatic N) is 1. The second-order valence-corrected chi connectivity index (χ2v) is 9.64. The van der Waals surface area contributed by atoms with Crippen LogP contribution < -0.4 is 4.90 Å². The third-order valence-electron chi connectivity index (χ3n) is 7.07. The lowest BCUT2D eigenvalue weighted by Crippen LogP contribution is -2.29. The molecule has 3 aromatic rings. The predicted octanol–water partition coefficient (Wildman–Crippen LogP) is 5.46. The van der Waals surface area contributed by atoms with Gasteiger partial charge in [0.2, 0.25) is 0 Å². The fraction of sp³-hybridized carbons (Fsp3) is 0.258. The number of phenols is 1. The van der Waals surface area contributed by atoms with Gasteiger partial charge >= 0.3 is 5.97 Å². The first kappa shape index (κ1) is 25.3. The summed E-state index contributed by atoms with van der Waals surface area (Å²) >= 11 is 0. The van der Waals surface area contributed by atoms with Gasteiger partial charge in [-0.25, -0.2) is 4.79 Å². The van der Waals surface area contributed by atoms with Crippen LogP contribution >= 0.6 is 0 Å². The summed E-state index contributed by atoms with van der Waals surface area (Å²) in [6.07, 6.45) is 4.73. The van der Waals surface area contributed by atoms with Gasteiger partial charge in [0.05, 0.1) is 23.8 Å². The van der Waals surface area contributed by atoms with E-state index in [0.29, 0.717) is 23.2 Å². The Balaban J connectivity index is 1.64. The van der Waals surface area contributed by atoms with Crippen LogP contribution in [0.5, 0.6) is 5.75 Å². The fourth-order valence-corrected chi connectivity index (χ4v) is 5.17. The Morgan fingerprint density at radius 3 is 2.42 bits per heavy atom. The minimum atomic E-state index is -0.964. The number of amides is 1. The van der Waals surface area contributed by atoms with E-state index in [1.807, 2.05) is 19.1 Å². The first-order valence-corrected chi connectivity index (χ1v) is 12.9. The minimum absolute atomic E-state index is 0.0288. The summed E-state index contributed by atoms with van der Waals surface area (Å²) < 4.78 is 5.24. The lowest BCUT2D eigenvalue weighted by molar-refractivity contribution is -0.132. The minimum Gasteiger partial charge on any atom is -0.508 e. The van der Waals surface area contributed by atoms with Gasteiger partial charge in [0.1, 0.15) is 11.5 Å². The molecule has 1 heterocycles. The van der Waals surface area contributed by atoms with E-state index >= 15 is 0 Å². The molecule has 38 heavy (non-hydrogen) atoms. The molecular formula is C31H29NO6. The van der Waals surface area contributed by atoms with Crippen LogP contribution in [0.25, 0.3) is 5.76 Å². The molecule has 0 saturated carbocycles. The highest BCUT2D eigenvalue weighted by Crippen LogP contribution is 2.43. The summed E-state index contributed by atoms with van der Waals surface area (Å²) in [6.45, 7) is 2.16. The zero-order chi connectivity index (χ0) is 26.8. The largest absolute Gasteiger partial charge is 0.508 e. The predicted molar refractivity (Wildman–Crippen MR) is 143 cm³/mol. The van der Waals surface area contributed by atoms with Crippen molar-refractivity contribution in [1.82, 2.24) is 0 Å². The number of esters is 1. The normalized spacial score (nSPS) is 18.3. The summed E-state index contributed by atoms with van der Waals surface area (Å²) in [4.78, 5) is 40.7. The summed E-state index contributed by atoms with van der Waals surface area (Å²) in [5.74, 6) is -2.39. The highest BCUT2D eigenvalue weighted by atomic mass is 16.5. The second-order valence-electron chi connectivity index (χ2n) is 9.64. The van der Waals surface area contributed by atoms with Crippen molar-refractivity contribution >= 4 is 29.1 Å². The highest BCUT2D eigenvalue weighted by Gasteiger charge is 2.47. The number of hydrogen-bond acceptors (Lipinski definition) is 6. The first-order chi connectivity index (χ1) is 18.4. The van der Waals surface area contributed by atoms with Crippen molar-refractivity contribution in [2.24, 2.45) is 0 Å². The van der Waals surface area contributed by atoms with E-state index in [1.165, 1.54) is 28.7 Å². The van der Waals surface area contributed by atoms with Crippen molar-refractivity contribution in [1.29, 1.82) is 0 Å². The molecular weight excluding hydrogens is 482 g/mol. The molecule has 1 fully saturated rings. The smallest absolute Gasteiger partial charge is 0.338 e. The number of phenolic OH excluding ortho intramolecular Hbond substituents is 1. The van der Waals surface area contributed by atoms with Crippen LogP contribution in [-0.4, -0.2) is 34.5 Å². The maximum absolute atomic E-state index is 13.5. The number of carbonyl (C=O) groups is 3. The van der Waals surface area contributed by atoms with E-state index < -0.39 is 23.7 Å².